The van der Waals surface area contributed by atoms with E-state index in [0.29, 0.717) is 12.0 Å². The van der Waals surface area contributed by atoms with Gasteiger partial charge >= 0.3 is 0 Å². The van der Waals surface area contributed by atoms with Crippen LogP contribution in [-0.4, -0.2) is 43.1 Å². The lowest BCUT2D eigenvalue weighted by Crippen LogP contribution is -2.36. The van der Waals surface area contributed by atoms with E-state index < -0.39 is 0 Å². The van der Waals surface area contributed by atoms with Crippen LogP contribution >= 0.6 is 24.0 Å². The normalized spacial score (nSPS) is 18.7. The van der Waals surface area contributed by atoms with Gasteiger partial charge < -0.3 is 11.1 Å². The number of hydrogen-bond donors (Lipinski definition) is 2. The van der Waals surface area contributed by atoms with Gasteiger partial charge in [-0.05, 0) is 49.9 Å². The van der Waals surface area contributed by atoms with Crippen LogP contribution in [0.3, 0.4) is 0 Å². The van der Waals surface area contributed by atoms with Gasteiger partial charge in [0.25, 0.3) is 0 Å². The van der Waals surface area contributed by atoms with Crippen LogP contribution in [0.5, 0.6) is 0 Å². The van der Waals surface area contributed by atoms with E-state index >= 15 is 0 Å². The maximum absolute atomic E-state index is 5.97. The molecule has 1 atom stereocenters. The summed E-state index contributed by atoms with van der Waals surface area (Å²) in [7, 11) is 0. The zero-order valence-corrected chi connectivity index (χ0v) is 16.8. The smallest absolute Gasteiger partial charge is 0.188 e. The minimum Gasteiger partial charge on any atom is -0.370 e. The van der Waals surface area contributed by atoms with Crippen molar-refractivity contribution >= 4 is 29.9 Å². The van der Waals surface area contributed by atoms with Gasteiger partial charge in [-0.2, -0.15) is 0 Å². The van der Waals surface area contributed by atoms with Crippen LogP contribution in [0.15, 0.2) is 29.3 Å². The molecule has 0 aromatic heterocycles. The predicted octanol–water partition coefficient (Wildman–Crippen LogP) is 2.80. The fraction of sp³-hybridized carbons (Fsp3) is 0.611. The van der Waals surface area contributed by atoms with Gasteiger partial charge in [0, 0.05) is 12.6 Å². The van der Waals surface area contributed by atoms with Crippen LogP contribution in [0.2, 0.25) is 0 Å². The molecule has 1 aliphatic heterocycles. The number of likely N-dealkylation sites (N-methyl/N-ethyl adjacent to an activating group) is 1. The lowest BCUT2D eigenvalue weighted by atomic mass is 10.1. The maximum atomic E-state index is 5.97. The molecule has 0 radical (unpaired) electrons. The predicted molar refractivity (Wildman–Crippen MR) is 110 cm³/mol. The third kappa shape index (κ3) is 6.67. The minimum absolute atomic E-state index is 0. The van der Waals surface area contributed by atoms with Crippen LogP contribution in [-0.2, 0) is 12.8 Å². The Morgan fingerprint density at radius 2 is 1.96 bits per heavy atom. The third-order valence-corrected chi connectivity index (χ3v) is 4.53. The van der Waals surface area contributed by atoms with Crippen molar-refractivity contribution < 1.29 is 0 Å². The Balaban J connectivity index is 0.00000264. The molecule has 1 aromatic carbocycles. The number of nitrogens with one attached hydrogen (secondary N) is 1. The number of rotatable bonds is 7. The van der Waals surface area contributed by atoms with Crippen LogP contribution in [0.1, 0.15) is 37.8 Å². The van der Waals surface area contributed by atoms with Crippen molar-refractivity contribution in [2.45, 2.75) is 45.6 Å². The summed E-state index contributed by atoms with van der Waals surface area (Å²) in [5.74, 6) is 0.577. The molecule has 0 amide bonds. The number of hydrogen-bond acceptors (Lipinski definition) is 2. The summed E-state index contributed by atoms with van der Waals surface area (Å²) in [5, 5.41) is 3.23. The average molecular weight is 430 g/mol. The fourth-order valence-corrected chi connectivity index (χ4v) is 3.05. The van der Waals surface area contributed by atoms with E-state index in [9.17, 15) is 0 Å². The van der Waals surface area contributed by atoms with Crippen molar-refractivity contribution in [2.24, 2.45) is 10.7 Å². The van der Waals surface area contributed by atoms with E-state index in [2.05, 4.69) is 53.3 Å². The molecule has 1 heterocycles. The quantitative estimate of drug-likeness (QED) is 0.398. The van der Waals surface area contributed by atoms with Crippen molar-refractivity contribution in [3.05, 3.63) is 35.4 Å². The molecule has 0 aliphatic carbocycles. The Morgan fingerprint density at radius 3 is 2.61 bits per heavy atom. The van der Waals surface area contributed by atoms with Crippen molar-refractivity contribution in [2.75, 3.05) is 26.2 Å². The van der Waals surface area contributed by atoms with Crippen molar-refractivity contribution in [1.29, 1.82) is 0 Å². The largest absolute Gasteiger partial charge is 0.370 e. The first-order chi connectivity index (χ1) is 10.7. The third-order valence-electron chi connectivity index (χ3n) is 4.53. The Morgan fingerprint density at radius 1 is 1.26 bits per heavy atom. The molecule has 1 unspecified atom stereocenters. The van der Waals surface area contributed by atoms with E-state index in [0.717, 1.165) is 32.5 Å². The first-order valence-electron chi connectivity index (χ1n) is 8.58. The Kier molecular flexibility index (Phi) is 9.55. The number of guanidine groups is 1. The molecule has 1 saturated heterocycles. The number of likely N-dealkylation sites (tertiary alicyclic amines) is 1. The zero-order valence-electron chi connectivity index (χ0n) is 14.4. The molecule has 3 N–H and O–H groups in total. The van der Waals surface area contributed by atoms with Crippen LogP contribution < -0.4 is 11.1 Å². The summed E-state index contributed by atoms with van der Waals surface area (Å²) < 4.78 is 0. The lowest BCUT2D eigenvalue weighted by molar-refractivity contribution is 0.273. The second-order valence-electron chi connectivity index (χ2n) is 6.00. The molecule has 0 saturated carbocycles. The van der Waals surface area contributed by atoms with E-state index in [-0.39, 0.29) is 24.0 Å². The van der Waals surface area contributed by atoms with Crippen LogP contribution in [0.25, 0.3) is 0 Å². The number of nitrogens with zero attached hydrogens (tertiary/aromatic N) is 2. The number of nitrogens with two attached hydrogens (primary N) is 1. The van der Waals surface area contributed by atoms with Gasteiger partial charge in [0.2, 0.25) is 0 Å². The molecule has 130 valence electrons. The highest BCUT2D eigenvalue weighted by atomic mass is 127. The minimum atomic E-state index is 0. The summed E-state index contributed by atoms with van der Waals surface area (Å²) in [5.41, 5.74) is 8.69. The molecule has 0 spiro atoms. The maximum Gasteiger partial charge on any atom is 0.188 e. The summed E-state index contributed by atoms with van der Waals surface area (Å²) in [6, 6.07) is 9.38. The molecule has 4 nitrogen and oxygen atoms in total. The Hall–Kier alpha value is -0.820. The first kappa shape index (κ1) is 20.2. The standard InChI is InChI=1S/C18H30N4.HI/c1-3-15-7-9-16(10-8-15)11-12-20-18(19)21-14-17-6-5-13-22(17)4-2;/h7-10,17H,3-6,11-14H2,1-2H3,(H3,19,20,21);1H. The van der Waals surface area contributed by atoms with Gasteiger partial charge in [0.15, 0.2) is 5.96 Å². The number of halogens is 1. The van der Waals surface area contributed by atoms with Gasteiger partial charge in [-0.1, -0.05) is 38.1 Å². The molecule has 1 aliphatic rings. The fourth-order valence-electron chi connectivity index (χ4n) is 3.05. The van der Waals surface area contributed by atoms with E-state index in [1.165, 1.54) is 30.5 Å². The van der Waals surface area contributed by atoms with Gasteiger partial charge in [-0.3, -0.25) is 9.89 Å². The second kappa shape index (κ2) is 10.9. The van der Waals surface area contributed by atoms with Crippen molar-refractivity contribution in [3.8, 4) is 0 Å². The monoisotopic (exact) mass is 430 g/mol. The SMILES string of the molecule is CCc1ccc(CCNC(N)=NCC2CCCN2CC)cc1.I. The Bertz CT molecular complexity index is 472. The summed E-state index contributed by atoms with van der Waals surface area (Å²) in [6.07, 6.45) is 4.60. The van der Waals surface area contributed by atoms with Gasteiger partial charge in [0.1, 0.15) is 0 Å². The molecule has 1 aromatic rings. The van der Waals surface area contributed by atoms with Gasteiger partial charge in [-0.25, -0.2) is 0 Å². The number of aryl methyl sites for hydroxylation is 1. The number of benzene rings is 1. The molecular weight excluding hydrogens is 399 g/mol. The molecule has 0 bridgehead atoms. The summed E-state index contributed by atoms with van der Waals surface area (Å²) >= 11 is 0. The van der Waals surface area contributed by atoms with Crippen LogP contribution in [0, 0.1) is 0 Å². The Labute approximate surface area is 157 Å². The highest BCUT2D eigenvalue weighted by Gasteiger charge is 2.22. The summed E-state index contributed by atoms with van der Waals surface area (Å²) in [6.45, 7) is 8.37. The highest BCUT2D eigenvalue weighted by molar-refractivity contribution is 14.0. The zero-order chi connectivity index (χ0) is 15.8. The molecule has 1 fully saturated rings. The highest BCUT2D eigenvalue weighted by Crippen LogP contribution is 2.16. The molecule has 23 heavy (non-hydrogen) atoms. The van der Waals surface area contributed by atoms with E-state index in [1.54, 1.807) is 0 Å². The lowest BCUT2D eigenvalue weighted by Gasteiger charge is -2.20. The van der Waals surface area contributed by atoms with Crippen molar-refractivity contribution in [3.63, 3.8) is 0 Å². The van der Waals surface area contributed by atoms with Gasteiger partial charge in [0.05, 0.1) is 6.54 Å². The second-order valence-corrected chi connectivity index (χ2v) is 6.00. The summed E-state index contributed by atoms with van der Waals surface area (Å²) in [4.78, 5) is 7.00. The van der Waals surface area contributed by atoms with Gasteiger partial charge in [-0.15, -0.1) is 24.0 Å². The van der Waals surface area contributed by atoms with Crippen molar-refractivity contribution in [1.82, 2.24) is 10.2 Å². The average Bonchev–Trinajstić information content (AvgIpc) is 3.01. The molecule has 2 rings (SSSR count). The molecular formula is C18H31IN4. The number of aliphatic imine (C=N–C) groups is 1. The van der Waals surface area contributed by atoms with Crippen LogP contribution in [0.4, 0.5) is 0 Å². The first-order valence-corrected chi connectivity index (χ1v) is 8.58. The van der Waals surface area contributed by atoms with E-state index in [4.69, 9.17) is 5.73 Å². The molecule has 5 heteroatoms. The topological polar surface area (TPSA) is 53.6 Å². The van der Waals surface area contributed by atoms with E-state index in [1.807, 2.05) is 0 Å².